The first-order valence-corrected chi connectivity index (χ1v) is 8.59. The van der Waals surface area contributed by atoms with Gasteiger partial charge in [-0.15, -0.1) is 0 Å². The van der Waals surface area contributed by atoms with E-state index in [1.165, 1.54) is 12.1 Å². The molecule has 0 spiro atoms. The van der Waals surface area contributed by atoms with Crippen LogP contribution in [0.2, 0.25) is 0 Å². The molecule has 1 aliphatic heterocycles. The van der Waals surface area contributed by atoms with Gasteiger partial charge in [0.15, 0.2) is 0 Å². The van der Waals surface area contributed by atoms with Crippen molar-refractivity contribution in [3.8, 4) is 11.3 Å². The van der Waals surface area contributed by atoms with Crippen LogP contribution in [-0.2, 0) is 11.2 Å². The first kappa shape index (κ1) is 16.4. The zero-order valence-electron chi connectivity index (χ0n) is 14.1. The second-order valence-corrected chi connectivity index (χ2v) is 6.43. The van der Waals surface area contributed by atoms with Crippen LogP contribution in [-0.4, -0.2) is 32.8 Å². The van der Waals surface area contributed by atoms with Crippen molar-refractivity contribution in [3.63, 3.8) is 0 Å². The summed E-state index contributed by atoms with van der Waals surface area (Å²) in [6.07, 6.45) is 5.61. The van der Waals surface area contributed by atoms with E-state index in [9.17, 15) is 9.18 Å². The Labute approximate surface area is 150 Å². The minimum absolute atomic E-state index is 0.0728. The first-order chi connectivity index (χ1) is 12.7. The maximum atomic E-state index is 13.1. The Morgan fingerprint density at radius 1 is 1.19 bits per heavy atom. The number of halogens is 1. The molecule has 132 valence electrons. The topological polar surface area (TPSA) is 74.8 Å². The van der Waals surface area contributed by atoms with Crippen molar-refractivity contribution in [2.24, 2.45) is 5.92 Å². The fourth-order valence-electron chi connectivity index (χ4n) is 3.32. The fourth-order valence-corrected chi connectivity index (χ4v) is 3.32. The molecule has 1 fully saturated rings. The third-order valence-corrected chi connectivity index (χ3v) is 4.68. The number of aromatic amines is 1. The number of rotatable bonds is 4. The van der Waals surface area contributed by atoms with E-state index in [-0.39, 0.29) is 17.6 Å². The molecule has 0 bridgehead atoms. The number of hydrogen-bond acceptors (Lipinski definition) is 4. The Kier molecular flexibility index (Phi) is 4.43. The average molecular weight is 351 g/mol. The predicted molar refractivity (Wildman–Crippen MR) is 94.8 cm³/mol. The van der Waals surface area contributed by atoms with Crippen LogP contribution in [0, 0.1) is 11.7 Å². The largest absolute Gasteiger partial charge is 0.297 e. The van der Waals surface area contributed by atoms with Gasteiger partial charge in [0.2, 0.25) is 5.91 Å². The van der Waals surface area contributed by atoms with E-state index >= 15 is 0 Å². The van der Waals surface area contributed by atoms with Gasteiger partial charge in [0.1, 0.15) is 11.6 Å². The molecule has 2 aromatic heterocycles. The maximum absolute atomic E-state index is 13.1. The van der Waals surface area contributed by atoms with Gasteiger partial charge in [0.05, 0.1) is 18.1 Å². The summed E-state index contributed by atoms with van der Waals surface area (Å²) in [5, 5.41) is 14.9. The molecule has 3 aromatic rings. The van der Waals surface area contributed by atoms with Crippen molar-refractivity contribution in [2.45, 2.75) is 19.3 Å². The summed E-state index contributed by atoms with van der Waals surface area (Å²) in [4.78, 5) is 14.7. The number of benzene rings is 1. The molecule has 1 aliphatic rings. The summed E-state index contributed by atoms with van der Waals surface area (Å²) in [6, 6.07) is 10.0. The molecule has 1 saturated heterocycles. The van der Waals surface area contributed by atoms with Crippen LogP contribution < -0.4 is 4.90 Å². The lowest BCUT2D eigenvalue weighted by Crippen LogP contribution is -2.42. The highest BCUT2D eigenvalue weighted by Crippen LogP contribution is 2.28. The highest BCUT2D eigenvalue weighted by atomic mass is 19.1. The SMILES string of the molecule is O=C1[C@H](Cc2ccc(F)cc2)CCCN1c1cc(-c2ccnnc2)n[nH]1. The van der Waals surface area contributed by atoms with E-state index < -0.39 is 0 Å². The van der Waals surface area contributed by atoms with Crippen molar-refractivity contribution in [1.82, 2.24) is 20.4 Å². The van der Waals surface area contributed by atoms with Gasteiger partial charge in [0.25, 0.3) is 0 Å². The smallest absolute Gasteiger partial charge is 0.231 e. The zero-order valence-corrected chi connectivity index (χ0v) is 14.1. The Bertz CT molecular complexity index is 894. The lowest BCUT2D eigenvalue weighted by Gasteiger charge is -2.31. The molecule has 0 unspecified atom stereocenters. The van der Waals surface area contributed by atoms with Crippen LogP contribution in [0.3, 0.4) is 0 Å². The Hall–Kier alpha value is -3.09. The quantitative estimate of drug-likeness (QED) is 0.784. The number of amides is 1. The van der Waals surface area contributed by atoms with Crippen LogP contribution in [0.25, 0.3) is 11.3 Å². The van der Waals surface area contributed by atoms with Crippen LogP contribution >= 0.6 is 0 Å². The number of anilines is 1. The molecule has 6 nitrogen and oxygen atoms in total. The average Bonchev–Trinajstić information content (AvgIpc) is 3.16. The number of nitrogens with one attached hydrogen (secondary N) is 1. The van der Waals surface area contributed by atoms with Crippen molar-refractivity contribution in [3.05, 3.63) is 60.2 Å². The molecule has 0 aliphatic carbocycles. The number of carbonyl (C=O) groups is 1. The summed E-state index contributed by atoms with van der Waals surface area (Å²) in [5.41, 5.74) is 2.54. The van der Waals surface area contributed by atoms with Crippen LogP contribution in [0.15, 0.2) is 48.8 Å². The van der Waals surface area contributed by atoms with E-state index in [1.807, 2.05) is 12.1 Å². The Morgan fingerprint density at radius 2 is 2.04 bits per heavy atom. The molecule has 1 atom stereocenters. The number of nitrogens with zero attached hydrogens (tertiary/aromatic N) is 4. The molecule has 0 saturated carbocycles. The summed E-state index contributed by atoms with van der Waals surface area (Å²) in [6.45, 7) is 0.662. The lowest BCUT2D eigenvalue weighted by atomic mass is 9.90. The van der Waals surface area contributed by atoms with Crippen LogP contribution in [0.1, 0.15) is 18.4 Å². The van der Waals surface area contributed by atoms with Gasteiger partial charge in [-0.2, -0.15) is 15.3 Å². The highest BCUT2D eigenvalue weighted by Gasteiger charge is 2.30. The normalized spacial score (nSPS) is 17.5. The maximum Gasteiger partial charge on any atom is 0.231 e. The molecular formula is C19H18FN5O. The monoisotopic (exact) mass is 351 g/mol. The zero-order chi connectivity index (χ0) is 17.9. The van der Waals surface area contributed by atoms with E-state index in [1.54, 1.807) is 29.4 Å². The second kappa shape index (κ2) is 7.03. The number of carbonyl (C=O) groups excluding carboxylic acids is 1. The standard InChI is InChI=1S/C19H18FN5O/c20-16-5-3-13(4-6-16)10-14-2-1-9-25(19(14)26)18-11-17(23-24-18)15-7-8-21-22-12-15/h3-8,11-12,14H,1-2,9-10H2,(H,23,24)/t14-/m0/s1. The molecule has 4 rings (SSSR count). The molecule has 26 heavy (non-hydrogen) atoms. The number of aromatic nitrogens is 4. The Balaban J connectivity index is 1.51. The molecule has 1 aromatic carbocycles. The molecule has 1 N–H and O–H groups in total. The van der Waals surface area contributed by atoms with E-state index in [4.69, 9.17) is 0 Å². The first-order valence-electron chi connectivity index (χ1n) is 8.59. The van der Waals surface area contributed by atoms with Crippen LogP contribution in [0.5, 0.6) is 0 Å². The fraction of sp³-hybridized carbons (Fsp3) is 0.263. The third kappa shape index (κ3) is 3.33. The van der Waals surface area contributed by atoms with Crippen LogP contribution in [0.4, 0.5) is 10.2 Å². The lowest BCUT2D eigenvalue weighted by molar-refractivity contribution is -0.123. The van der Waals surface area contributed by atoms with Crippen molar-refractivity contribution < 1.29 is 9.18 Å². The van der Waals surface area contributed by atoms with Gasteiger partial charge < -0.3 is 0 Å². The number of hydrogen-bond donors (Lipinski definition) is 1. The van der Waals surface area contributed by atoms with Crippen molar-refractivity contribution >= 4 is 11.7 Å². The number of piperidine rings is 1. The summed E-state index contributed by atoms with van der Waals surface area (Å²) in [5.74, 6) is 0.388. The number of H-pyrrole nitrogens is 1. The Morgan fingerprint density at radius 3 is 2.81 bits per heavy atom. The minimum atomic E-state index is -0.263. The highest BCUT2D eigenvalue weighted by molar-refractivity contribution is 5.95. The molecule has 1 amide bonds. The van der Waals surface area contributed by atoms with Crippen molar-refractivity contribution in [2.75, 3.05) is 11.4 Å². The molecule has 7 heteroatoms. The summed E-state index contributed by atoms with van der Waals surface area (Å²) in [7, 11) is 0. The molecule has 3 heterocycles. The molecule has 0 radical (unpaired) electrons. The minimum Gasteiger partial charge on any atom is -0.297 e. The third-order valence-electron chi connectivity index (χ3n) is 4.68. The van der Waals surface area contributed by atoms with E-state index in [0.29, 0.717) is 18.8 Å². The van der Waals surface area contributed by atoms with E-state index in [0.717, 1.165) is 29.7 Å². The summed E-state index contributed by atoms with van der Waals surface area (Å²) >= 11 is 0. The summed E-state index contributed by atoms with van der Waals surface area (Å²) < 4.78 is 13.1. The molecular weight excluding hydrogens is 333 g/mol. The van der Waals surface area contributed by atoms with Gasteiger partial charge in [-0.3, -0.25) is 14.8 Å². The van der Waals surface area contributed by atoms with Gasteiger partial charge in [-0.1, -0.05) is 12.1 Å². The van der Waals surface area contributed by atoms with Gasteiger partial charge in [-0.25, -0.2) is 4.39 Å². The van der Waals surface area contributed by atoms with Crippen molar-refractivity contribution in [1.29, 1.82) is 0 Å². The van der Waals surface area contributed by atoms with E-state index in [2.05, 4.69) is 20.4 Å². The predicted octanol–water partition coefficient (Wildman–Crippen LogP) is 2.99. The van der Waals surface area contributed by atoms with Gasteiger partial charge >= 0.3 is 0 Å². The van der Waals surface area contributed by atoms with Gasteiger partial charge in [0, 0.05) is 24.1 Å². The second-order valence-electron chi connectivity index (χ2n) is 6.43. The van der Waals surface area contributed by atoms with Gasteiger partial charge in [-0.05, 0) is 43.0 Å².